The van der Waals surface area contributed by atoms with Crippen molar-refractivity contribution in [2.24, 2.45) is 0 Å². The molecule has 1 aromatic heterocycles. The van der Waals surface area contributed by atoms with E-state index in [2.05, 4.69) is 0 Å². The van der Waals surface area contributed by atoms with Crippen molar-refractivity contribution in [1.82, 2.24) is 0 Å². The lowest BCUT2D eigenvalue weighted by Gasteiger charge is -2.02. The van der Waals surface area contributed by atoms with Gasteiger partial charge in [-0.1, -0.05) is 11.3 Å². The Morgan fingerprint density at radius 2 is 2.21 bits per heavy atom. The third kappa shape index (κ3) is 1.44. The number of anilines is 1. The van der Waals surface area contributed by atoms with Crippen LogP contribution in [-0.4, -0.2) is 13.4 Å². The molecular weight excluding hydrogens is 214 g/mol. The number of nitrogens with two attached hydrogens (primary N) is 1. The van der Waals surface area contributed by atoms with Crippen LogP contribution in [0.2, 0.25) is 0 Å². The summed E-state index contributed by atoms with van der Waals surface area (Å²) in [6.07, 6.45) is 2.04. The van der Waals surface area contributed by atoms with Crippen molar-refractivity contribution in [3.05, 3.63) is 18.2 Å². The number of hydrogen-bond acceptors (Lipinski definition) is 4. The molecule has 0 spiro atoms. The molecule has 0 atom stereocenters. The molecule has 0 aliphatic heterocycles. The van der Waals surface area contributed by atoms with Crippen molar-refractivity contribution >= 4 is 38.9 Å². The van der Waals surface area contributed by atoms with Gasteiger partial charge in [-0.3, -0.25) is 0 Å². The lowest BCUT2D eigenvalue weighted by atomic mass is 10.2. The monoisotopic (exact) mass is 225 g/mol. The van der Waals surface area contributed by atoms with Crippen LogP contribution in [0.25, 0.3) is 10.1 Å². The minimum Gasteiger partial charge on any atom is -0.487 e. The van der Waals surface area contributed by atoms with Gasteiger partial charge in [0, 0.05) is 26.7 Å². The summed E-state index contributed by atoms with van der Waals surface area (Å²) >= 11 is 3.32. The van der Waals surface area contributed by atoms with E-state index in [1.807, 2.05) is 24.5 Å². The molecule has 0 fully saturated rings. The lowest BCUT2D eigenvalue weighted by molar-refractivity contribution is 0.427. The molecule has 4 heteroatoms. The zero-order valence-electron chi connectivity index (χ0n) is 8.03. The molecule has 1 aromatic carbocycles. The van der Waals surface area contributed by atoms with Crippen LogP contribution in [-0.2, 0) is 0 Å². The molecule has 0 radical (unpaired) electrons. The van der Waals surface area contributed by atoms with Gasteiger partial charge < -0.3 is 10.5 Å². The summed E-state index contributed by atoms with van der Waals surface area (Å²) in [5.74, 6) is 0. The van der Waals surface area contributed by atoms with E-state index in [1.54, 1.807) is 30.2 Å². The van der Waals surface area contributed by atoms with Crippen molar-refractivity contribution in [3.63, 3.8) is 0 Å². The molecule has 0 bridgehead atoms. The van der Waals surface area contributed by atoms with Crippen molar-refractivity contribution in [2.75, 3.05) is 19.1 Å². The molecule has 0 aliphatic rings. The second kappa shape index (κ2) is 3.71. The predicted molar refractivity (Wildman–Crippen MR) is 64.6 cm³/mol. The topological polar surface area (TPSA) is 35.2 Å². The summed E-state index contributed by atoms with van der Waals surface area (Å²) in [6, 6.07) is 6.03. The zero-order chi connectivity index (χ0) is 10.1. The average Bonchev–Trinajstić information content (AvgIpc) is 2.60. The van der Waals surface area contributed by atoms with E-state index >= 15 is 0 Å². The highest BCUT2D eigenvalue weighted by atomic mass is 32.2. The highest BCUT2D eigenvalue weighted by molar-refractivity contribution is 7.99. The van der Waals surface area contributed by atoms with Gasteiger partial charge in [-0.15, -0.1) is 11.8 Å². The van der Waals surface area contributed by atoms with E-state index in [-0.39, 0.29) is 0 Å². The number of ether oxygens (including phenoxy) is 1. The number of methoxy groups -OCH3 is 1. The van der Waals surface area contributed by atoms with Crippen LogP contribution in [0.15, 0.2) is 23.1 Å². The highest BCUT2D eigenvalue weighted by Gasteiger charge is 2.08. The van der Waals surface area contributed by atoms with Crippen molar-refractivity contribution < 1.29 is 4.74 Å². The summed E-state index contributed by atoms with van der Waals surface area (Å²) in [5.41, 5.74) is 6.73. The molecule has 1 heterocycles. The van der Waals surface area contributed by atoms with E-state index in [0.29, 0.717) is 0 Å². The fraction of sp³-hybridized carbons (Fsp3) is 0.200. The lowest BCUT2D eigenvalue weighted by Crippen LogP contribution is -1.87. The van der Waals surface area contributed by atoms with Crippen LogP contribution in [0.3, 0.4) is 0 Å². The van der Waals surface area contributed by atoms with Crippen LogP contribution in [0, 0.1) is 0 Å². The number of thiophene rings is 1. The number of fused-ring (bicyclic) bond motifs is 1. The smallest absolute Gasteiger partial charge is 0.174 e. The first-order chi connectivity index (χ1) is 6.76. The number of rotatable bonds is 2. The van der Waals surface area contributed by atoms with Crippen molar-refractivity contribution in [3.8, 4) is 5.06 Å². The Balaban J connectivity index is 2.73. The molecule has 14 heavy (non-hydrogen) atoms. The van der Waals surface area contributed by atoms with Crippen LogP contribution in [0.4, 0.5) is 5.69 Å². The molecule has 2 N–H and O–H groups in total. The van der Waals surface area contributed by atoms with Gasteiger partial charge in [-0.25, -0.2) is 0 Å². The first-order valence-electron chi connectivity index (χ1n) is 4.16. The molecule has 74 valence electrons. The second-order valence-corrected chi connectivity index (χ2v) is 4.73. The normalized spacial score (nSPS) is 10.7. The zero-order valence-corrected chi connectivity index (χ0v) is 9.67. The third-order valence-corrected chi connectivity index (χ3v) is 3.99. The summed E-state index contributed by atoms with van der Waals surface area (Å²) < 4.78 is 6.43. The Bertz CT molecular complexity index is 464. The van der Waals surface area contributed by atoms with Gasteiger partial charge in [-0.05, 0) is 18.4 Å². The van der Waals surface area contributed by atoms with Crippen LogP contribution >= 0.6 is 23.1 Å². The molecule has 0 saturated heterocycles. The summed E-state index contributed by atoms with van der Waals surface area (Å²) in [7, 11) is 1.69. The Hall–Kier alpha value is -0.870. The van der Waals surface area contributed by atoms with E-state index in [0.717, 1.165) is 15.6 Å². The Morgan fingerprint density at radius 3 is 2.86 bits per heavy atom. The minimum absolute atomic E-state index is 0.838. The molecule has 0 saturated carbocycles. The predicted octanol–water partition coefficient (Wildman–Crippen LogP) is 3.21. The summed E-state index contributed by atoms with van der Waals surface area (Å²) in [6.45, 7) is 0. The Kier molecular flexibility index (Phi) is 2.56. The maximum atomic E-state index is 5.89. The molecule has 0 aliphatic carbocycles. The molecular formula is C10H11NOS2. The average molecular weight is 225 g/mol. The number of benzene rings is 1. The number of hydrogen-bond donors (Lipinski definition) is 1. The van der Waals surface area contributed by atoms with E-state index in [9.17, 15) is 0 Å². The van der Waals surface area contributed by atoms with Gasteiger partial charge in [0.15, 0.2) is 5.06 Å². The van der Waals surface area contributed by atoms with E-state index in [4.69, 9.17) is 10.5 Å². The van der Waals surface area contributed by atoms with Gasteiger partial charge in [0.2, 0.25) is 0 Å². The molecule has 2 nitrogen and oxygen atoms in total. The van der Waals surface area contributed by atoms with Gasteiger partial charge in [0.25, 0.3) is 0 Å². The molecule has 2 rings (SSSR count). The molecule has 0 amide bonds. The first-order valence-corrected chi connectivity index (χ1v) is 6.20. The van der Waals surface area contributed by atoms with E-state index in [1.165, 1.54) is 10.1 Å². The van der Waals surface area contributed by atoms with Crippen LogP contribution < -0.4 is 10.5 Å². The van der Waals surface area contributed by atoms with Crippen molar-refractivity contribution in [1.29, 1.82) is 0 Å². The Labute approximate surface area is 91.1 Å². The molecule has 2 aromatic rings. The van der Waals surface area contributed by atoms with Gasteiger partial charge in [0.1, 0.15) is 0 Å². The number of nitrogen functional groups attached to an aromatic ring is 1. The fourth-order valence-electron chi connectivity index (χ4n) is 1.41. The maximum Gasteiger partial charge on any atom is 0.174 e. The Morgan fingerprint density at radius 1 is 1.43 bits per heavy atom. The standard InChI is InChI=1S/C10H11NOS2/c1-12-9-5-6-8(14-9)4-3-7(11)10(6)13-2/h3-5H,11H2,1-2H3. The van der Waals surface area contributed by atoms with Crippen LogP contribution in [0.1, 0.15) is 0 Å². The second-order valence-electron chi connectivity index (χ2n) is 2.87. The van der Waals surface area contributed by atoms with Crippen molar-refractivity contribution in [2.45, 2.75) is 4.90 Å². The van der Waals surface area contributed by atoms with Gasteiger partial charge in [-0.2, -0.15) is 0 Å². The molecule has 0 unspecified atom stereocenters. The summed E-state index contributed by atoms with van der Waals surface area (Å²) in [5, 5.41) is 2.13. The quantitative estimate of drug-likeness (QED) is 0.629. The van der Waals surface area contributed by atoms with E-state index < -0.39 is 0 Å². The third-order valence-electron chi connectivity index (χ3n) is 2.06. The fourth-order valence-corrected chi connectivity index (χ4v) is 3.05. The maximum absolute atomic E-state index is 5.89. The SMILES string of the molecule is COc1cc2c(SC)c(N)ccc2s1. The first kappa shape index (κ1) is 9.68. The minimum atomic E-state index is 0.838. The number of thioether (sulfide) groups is 1. The van der Waals surface area contributed by atoms with Crippen LogP contribution in [0.5, 0.6) is 5.06 Å². The van der Waals surface area contributed by atoms with Gasteiger partial charge >= 0.3 is 0 Å². The highest BCUT2D eigenvalue weighted by Crippen LogP contribution is 2.39. The van der Waals surface area contributed by atoms with Gasteiger partial charge in [0.05, 0.1) is 7.11 Å². The summed E-state index contributed by atoms with van der Waals surface area (Å²) in [4.78, 5) is 1.14. The largest absolute Gasteiger partial charge is 0.487 e.